The van der Waals surface area contributed by atoms with Crippen LogP contribution in [-0.2, 0) is 0 Å². The van der Waals surface area contributed by atoms with Gasteiger partial charge in [0.1, 0.15) is 5.69 Å². The number of rotatable bonds is 2. The fraction of sp³-hybridized carbons (Fsp3) is 0.455. The van der Waals surface area contributed by atoms with E-state index in [0.717, 1.165) is 5.69 Å². The zero-order valence-corrected chi connectivity index (χ0v) is 8.78. The molecular formula is C11H14N2O3. The maximum Gasteiger partial charge on any atom is 0.168 e. The first-order valence-electron chi connectivity index (χ1n) is 5.23. The molecule has 0 saturated carbocycles. The van der Waals surface area contributed by atoms with Crippen molar-refractivity contribution in [2.24, 2.45) is 0 Å². The van der Waals surface area contributed by atoms with Gasteiger partial charge in [-0.25, -0.2) is 0 Å². The van der Waals surface area contributed by atoms with E-state index < -0.39 is 12.2 Å². The highest BCUT2D eigenvalue weighted by molar-refractivity contribution is 5.72. The Bertz CT molecular complexity index is 366. The third-order valence-electron chi connectivity index (χ3n) is 2.80. The van der Waals surface area contributed by atoms with Crippen LogP contribution in [0.3, 0.4) is 0 Å². The molecule has 5 heteroatoms. The second kappa shape index (κ2) is 4.59. The Morgan fingerprint density at radius 2 is 2.19 bits per heavy atom. The van der Waals surface area contributed by atoms with Gasteiger partial charge in [-0.2, -0.15) is 0 Å². The maximum atomic E-state index is 10.4. The molecule has 0 aliphatic carbocycles. The van der Waals surface area contributed by atoms with Gasteiger partial charge >= 0.3 is 0 Å². The van der Waals surface area contributed by atoms with E-state index in [1.807, 2.05) is 4.90 Å². The van der Waals surface area contributed by atoms with Crippen molar-refractivity contribution in [1.29, 1.82) is 0 Å². The molecule has 1 saturated heterocycles. The van der Waals surface area contributed by atoms with Crippen LogP contribution in [0.2, 0.25) is 0 Å². The Balaban J connectivity index is 2.09. The summed E-state index contributed by atoms with van der Waals surface area (Å²) in [6.45, 7) is 1.07. The van der Waals surface area contributed by atoms with E-state index in [-0.39, 0.29) is 0 Å². The van der Waals surface area contributed by atoms with Crippen LogP contribution in [-0.4, -0.2) is 46.8 Å². The number of hydrogen-bond donors (Lipinski definition) is 2. The first-order valence-corrected chi connectivity index (χ1v) is 5.23. The monoisotopic (exact) mass is 222 g/mol. The Labute approximate surface area is 93.3 Å². The molecule has 2 N–H and O–H groups in total. The van der Waals surface area contributed by atoms with Gasteiger partial charge in [-0.15, -0.1) is 0 Å². The zero-order chi connectivity index (χ0) is 11.5. The van der Waals surface area contributed by atoms with E-state index in [2.05, 4.69) is 4.98 Å². The number of pyridine rings is 1. The molecule has 2 heterocycles. The summed E-state index contributed by atoms with van der Waals surface area (Å²) in [5.41, 5.74) is 1.25. The Hall–Kier alpha value is -1.46. The lowest BCUT2D eigenvalue weighted by Gasteiger charge is -2.34. The standard InChI is InChI=1S/C11H14N2O3/c14-7-8-1-2-9(5-12-8)13-4-3-10(15)11(16)6-13/h1-2,5,7,10-11,15-16H,3-4,6H2/t10-,11-/m0/s1. The van der Waals surface area contributed by atoms with Gasteiger partial charge in [0.05, 0.1) is 24.1 Å². The summed E-state index contributed by atoms with van der Waals surface area (Å²) in [5.74, 6) is 0. The molecular weight excluding hydrogens is 208 g/mol. The van der Waals surface area contributed by atoms with Gasteiger partial charge in [0, 0.05) is 13.1 Å². The molecule has 1 fully saturated rings. The summed E-state index contributed by atoms with van der Waals surface area (Å²) in [5, 5.41) is 18.9. The fourth-order valence-corrected chi connectivity index (χ4v) is 1.81. The van der Waals surface area contributed by atoms with Gasteiger partial charge in [0.25, 0.3) is 0 Å². The van der Waals surface area contributed by atoms with Crippen LogP contribution in [0.4, 0.5) is 5.69 Å². The smallest absolute Gasteiger partial charge is 0.168 e. The summed E-state index contributed by atoms with van der Waals surface area (Å²) in [6, 6.07) is 3.43. The SMILES string of the molecule is O=Cc1ccc(N2CC[C@H](O)[C@@H](O)C2)cn1. The number of piperidine rings is 1. The quantitative estimate of drug-likeness (QED) is 0.679. The predicted molar refractivity (Wildman–Crippen MR) is 58.5 cm³/mol. The number of carbonyl (C=O) groups excluding carboxylic acids is 1. The topological polar surface area (TPSA) is 73.7 Å². The molecule has 1 aliphatic heterocycles. The van der Waals surface area contributed by atoms with Gasteiger partial charge in [-0.3, -0.25) is 9.78 Å². The van der Waals surface area contributed by atoms with Crippen molar-refractivity contribution in [3.63, 3.8) is 0 Å². The second-order valence-electron chi connectivity index (χ2n) is 3.93. The number of aliphatic hydroxyl groups is 2. The van der Waals surface area contributed by atoms with Crippen molar-refractivity contribution < 1.29 is 15.0 Å². The van der Waals surface area contributed by atoms with Crippen LogP contribution in [0.5, 0.6) is 0 Å². The molecule has 5 nitrogen and oxygen atoms in total. The average molecular weight is 222 g/mol. The highest BCUT2D eigenvalue weighted by atomic mass is 16.3. The minimum absolute atomic E-state index is 0.390. The highest BCUT2D eigenvalue weighted by Crippen LogP contribution is 2.19. The normalized spacial score (nSPS) is 25.5. The van der Waals surface area contributed by atoms with Crippen LogP contribution in [0.15, 0.2) is 18.3 Å². The molecule has 0 radical (unpaired) electrons. The van der Waals surface area contributed by atoms with Gasteiger partial charge in [0.15, 0.2) is 6.29 Å². The van der Waals surface area contributed by atoms with Crippen molar-refractivity contribution >= 4 is 12.0 Å². The van der Waals surface area contributed by atoms with E-state index in [0.29, 0.717) is 31.5 Å². The molecule has 86 valence electrons. The predicted octanol–water partition coefficient (Wildman–Crippen LogP) is -0.174. The molecule has 0 spiro atoms. The number of hydrogen-bond acceptors (Lipinski definition) is 5. The summed E-state index contributed by atoms with van der Waals surface area (Å²) >= 11 is 0. The van der Waals surface area contributed by atoms with E-state index in [9.17, 15) is 15.0 Å². The van der Waals surface area contributed by atoms with Crippen LogP contribution in [0.1, 0.15) is 16.9 Å². The van der Waals surface area contributed by atoms with Gasteiger partial charge in [-0.1, -0.05) is 0 Å². The number of aromatic nitrogens is 1. The van der Waals surface area contributed by atoms with Gasteiger partial charge < -0.3 is 15.1 Å². The largest absolute Gasteiger partial charge is 0.390 e. The lowest BCUT2D eigenvalue weighted by molar-refractivity contribution is 0.00801. The van der Waals surface area contributed by atoms with E-state index in [4.69, 9.17) is 0 Å². The molecule has 2 rings (SSSR count). The first-order chi connectivity index (χ1) is 7.70. The number of carbonyl (C=O) groups is 1. The number of β-amino-alcohol motifs (C(OH)–C–C–N with tert-alkyl or cyclic N) is 1. The number of aldehydes is 1. The zero-order valence-electron chi connectivity index (χ0n) is 8.78. The number of aliphatic hydroxyl groups excluding tert-OH is 2. The third kappa shape index (κ3) is 2.20. The van der Waals surface area contributed by atoms with Gasteiger partial charge in [0.2, 0.25) is 0 Å². The van der Waals surface area contributed by atoms with Crippen molar-refractivity contribution in [3.8, 4) is 0 Å². The molecule has 0 aromatic carbocycles. The van der Waals surface area contributed by atoms with Crippen molar-refractivity contribution in [2.75, 3.05) is 18.0 Å². The highest BCUT2D eigenvalue weighted by Gasteiger charge is 2.25. The van der Waals surface area contributed by atoms with Crippen LogP contribution in [0, 0.1) is 0 Å². The Morgan fingerprint density at radius 3 is 2.75 bits per heavy atom. The molecule has 0 amide bonds. The maximum absolute atomic E-state index is 10.4. The van der Waals surface area contributed by atoms with Crippen LogP contribution in [0.25, 0.3) is 0 Å². The lowest BCUT2D eigenvalue weighted by atomic mass is 10.0. The fourth-order valence-electron chi connectivity index (χ4n) is 1.81. The van der Waals surface area contributed by atoms with E-state index in [1.165, 1.54) is 0 Å². The molecule has 1 aromatic heterocycles. The second-order valence-corrected chi connectivity index (χ2v) is 3.93. The Morgan fingerprint density at radius 1 is 1.38 bits per heavy atom. The molecule has 16 heavy (non-hydrogen) atoms. The third-order valence-corrected chi connectivity index (χ3v) is 2.80. The first kappa shape index (κ1) is 11.0. The van der Waals surface area contributed by atoms with Crippen LogP contribution < -0.4 is 4.90 Å². The summed E-state index contributed by atoms with van der Waals surface area (Å²) in [4.78, 5) is 16.3. The average Bonchev–Trinajstić information content (AvgIpc) is 2.33. The number of anilines is 1. The molecule has 0 bridgehead atoms. The molecule has 1 aliphatic rings. The minimum Gasteiger partial charge on any atom is -0.390 e. The van der Waals surface area contributed by atoms with E-state index in [1.54, 1.807) is 18.3 Å². The van der Waals surface area contributed by atoms with E-state index >= 15 is 0 Å². The molecule has 2 atom stereocenters. The summed E-state index contributed by atoms with van der Waals surface area (Å²) in [6.07, 6.45) is 1.47. The van der Waals surface area contributed by atoms with Gasteiger partial charge in [-0.05, 0) is 18.6 Å². The minimum atomic E-state index is -0.723. The Kier molecular flexibility index (Phi) is 3.17. The summed E-state index contributed by atoms with van der Waals surface area (Å²) in [7, 11) is 0. The van der Waals surface area contributed by atoms with Crippen molar-refractivity contribution in [1.82, 2.24) is 4.98 Å². The van der Waals surface area contributed by atoms with Crippen molar-refractivity contribution in [3.05, 3.63) is 24.0 Å². The molecule has 1 aromatic rings. The van der Waals surface area contributed by atoms with Crippen LogP contribution >= 0.6 is 0 Å². The number of nitrogens with zero attached hydrogens (tertiary/aromatic N) is 2. The molecule has 0 unspecified atom stereocenters. The lowest BCUT2D eigenvalue weighted by Crippen LogP contribution is -2.46. The summed E-state index contributed by atoms with van der Waals surface area (Å²) < 4.78 is 0. The van der Waals surface area contributed by atoms with Crippen molar-refractivity contribution in [2.45, 2.75) is 18.6 Å².